The van der Waals surface area contributed by atoms with Gasteiger partial charge in [-0.25, -0.2) is 0 Å². The molecule has 2 heterocycles. The molecule has 1 fully saturated rings. The number of anilines is 2. The molecule has 0 bridgehead atoms. The summed E-state index contributed by atoms with van der Waals surface area (Å²) in [5, 5.41) is 6.64. The van der Waals surface area contributed by atoms with Gasteiger partial charge in [0, 0.05) is 5.69 Å². The molecule has 0 amide bonds. The molecule has 1 aromatic heterocycles. The van der Waals surface area contributed by atoms with E-state index in [9.17, 15) is 0 Å². The van der Waals surface area contributed by atoms with E-state index in [0.717, 1.165) is 29.9 Å². The first-order valence-electron chi connectivity index (χ1n) is 7.82. The lowest BCUT2D eigenvalue weighted by Gasteiger charge is -2.23. The summed E-state index contributed by atoms with van der Waals surface area (Å²) in [6, 6.07) is 16.9. The first-order chi connectivity index (χ1) is 10.9. The molecular weight excluding hydrogens is 274 g/mol. The molecule has 2 N–H and O–H groups in total. The smallest absolute Gasteiger partial charge is 0.300 e. The maximum atomic E-state index is 5.69. The molecule has 0 aliphatic carbocycles. The Balaban J connectivity index is 1.50. The van der Waals surface area contributed by atoms with Crippen LogP contribution in [0.1, 0.15) is 24.3 Å². The van der Waals surface area contributed by atoms with Gasteiger partial charge in [0.1, 0.15) is 5.52 Å². The van der Waals surface area contributed by atoms with Gasteiger partial charge in [-0.05, 0) is 61.7 Å². The quantitative estimate of drug-likeness (QED) is 0.765. The Bertz CT molecular complexity index is 724. The molecule has 2 aromatic carbocycles. The second-order valence-corrected chi connectivity index (χ2v) is 5.76. The lowest BCUT2D eigenvalue weighted by molar-refractivity contribution is 0.460. The Morgan fingerprint density at radius 1 is 1.00 bits per heavy atom. The van der Waals surface area contributed by atoms with Crippen molar-refractivity contribution in [2.75, 3.05) is 18.4 Å². The molecule has 0 unspecified atom stereocenters. The van der Waals surface area contributed by atoms with E-state index in [1.807, 2.05) is 24.3 Å². The maximum Gasteiger partial charge on any atom is 0.300 e. The van der Waals surface area contributed by atoms with Crippen molar-refractivity contribution in [2.24, 2.45) is 0 Å². The highest BCUT2D eigenvalue weighted by atomic mass is 16.4. The molecule has 22 heavy (non-hydrogen) atoms. The Labute approximate surface area is 129 Å². The van der Waals surface area contributed by atoms with Crippen molar-refractivity contribution in [3.63, 3.8) is 0 Å². The summed E-state index contributed by atoms with van der Waals surface area (Å²) in [4.78, 5) is 4.43. The average molecular weight is 293 g/mol. The van der Waals surface area contributed by atoms with Gasteiger partial charge < -0.3 is 15.1 Å². The van der Waals surface area contributed by atoms with Crippen molar-refractivity contribution < 1.29 is 4.42 Å². The molecule has 112 valence electrons. The Hall–Kier alpha value is -2.33. The predicted molar refractivity (Wildman–Crippen MR) is 88.6 cm³/mol. The summed E-state index contributed by atoms with van der Waals surface area (Å²) in [6.45, 7) is 2.24. The first-order valence-corrected chi connectivity index (χ1v) is 7.82. The monoisotopic (exact) mass is 293 g/mol. The number of piperidine rings is 1. The van der Waals surface area contributed by atoms with Crippen molar-refractivity contribution in [1.82, 2.24) is 10.3 Å². The summed E-state index contributed by atoms with van der Waals surface area (Å²) in [7, 11) is 0. The number of oxazole rings is 1. The molecular formula is C18H19N3O. The highest BCUT2D eigenvalue weighted by molar-refractivity contribution is 5.75. The predicted octanol–water partition coefficient (Wildman–Crippen LogP) is 4.04. The van der Waals surface area contributed by atoms with Crippen molar-refractivity contribution in [3.05, 3.63) is 54.1 Å². The van der Waals surface area contributed by atoms with Crippen molar-refractivity contribution >= 4 is 22.8 Å². The van der Waals surface area contributed by atoms with Crippen LogP contribution in [-0.4, -0.2) is 18.1 Å². The number of hydrogen-bond donors (Lipinski definition) is 2. The van der Waals surface area contributed by atoms with Crippen molar-refractivity contribution in [3.8, 4) is 0 Å². The van der Waals surface area contributed by atoms with E-state index >= 15 is 0 Å². The van der Waals surface area contributed by atoms with Gasteiger partial charge in [-0.15, -0.1) is 0 Å². The zero-order valence-corrected chi connectivity index (χ0v) is 12.4. The van der Waals surface area contributed by atoms with E-state index < -0.39 is 0 Å². The van der Waals surface area contributed by atoms with E-state index in [4.69, 9.17) is 4.42 Å². The third-order valence-corrected chi connectivity index (χ3v) is 4.27. The molecule has 1 aliphatic heterocycles. The zero-order chi connectivity index (χ0) is 14.8. The largest absolute Gasteiger partial charge is 0.423 e. The maximum absolute atomic E-state index is 5.69. The molecule has 4 nitrogen and oxygen atoms in total. The highest BCUT2D eigenvalue weighted by Crippen LogP contribution is 2.27. The Kier molecular flexibility index (Phi) is 3.52. The van der Waals surface area contributed by atoms with Crippen LogP contribution in [0.15, 0.2) is 52.9 Å². The number of rotatable bonds is 3. The number of aromatic nitrogens is 1. The van der Waals surface area contributed by atoms with Gasteiger partial charge in [-0.1, -0.05) is 24.3 Å². The fraction of sp³-hybridized carbons (Fsp3) is 0.278. The van der Waals surface area contributed by atoms with Gasteiger partial charge in [-0.2, -0.15) is 4.98 Å². The highest BCUT2D eigenvalue weighted by Gasteiger charge is 2.14. The Morgan fingerprint density at radius 3 is 2.55 bits per heavy atom. The lowest BCUT2D eigenvalue weighted by atomic mass is 9.90. The SMILES string of the molecule is c1ccc2oc(Nc3ccc(C4CCNCC4)cc3)nc2c1. The summed E-state index contributed by atoms with van der Waals surface area (Å²) in [5.41, 5.74) is 4.10. The third-order valence-electron chi connectivity index (χ3n) is 4.27. The molecule has 3 aromatic rings. The van der Waals surface area contributed by atoms with Crippen LogP contribution in [0.4, 0.5) is 11.7 Å². The summed E-state index contributed by atoms with van der Waals surface area (Å²) in [6.07, 6.45) is 2.44. The molecule has 1 saturated heterocycles. The third kappa shape index (κ3) is 2.70. The lowest BCUT2D eigenvalue weighted by Crippen LogP contribution is -2.26. The van der Waals surface area contributed by atoms with Crippen LogP contribution in [0.2, 0.25) is 0 Å². The van der Waals surface area contributed by atoms with Crippen molar-refractivity contribution in [1.29, 1.82) is 0 Å². The van der Waals surface area contributed by atoms with Crippen LogP contribution in [-0.2, 0) is 0 Å². The minimum atomic E-state index is 0.538. The summed E-state index contributed by atoms with van der Waals surface area (Å²) in [5.74, 6) is 0.680. The Morgan fingerprint density at radius 2 is 1.77 bits per heavy atom. The van der Waals surface area contributed by atoms with E-state index in [2.05, 4.69) is 39.9 Å². The van der Waals surface area contributed by atoms with Crippen LogP contribution in [0.5, 0.6) is 0 Å². The van der Waals surface area contributed by atoms with Crippen LogP contribution in [0.25, 0.3) is 11.1 Å². The summed E-state index contributed by atoms with van der Waals surface area (Å²) >= 11 is 0. The van der Waals surface area contributed by atoms with Crippen LogP contribution in [0, 0.1) is 0 Å². The molecule has 0 spiro atoms. The fourth-order valence-corrected chi connectivity index (χ4v) is 3.04. The van der Waals surface area contributed by atoms with Crippen LogP contribution in [0.3, 0.4) is 0 Å². The molecule has 4 heteroatoms. The number of hydrogen-bond acceptors (Lipinski definition) is 4. The first kappa shape index (κ1) is 13.3. The van der Waals surface area contributed by atoms with Crippen LogP contribution < -0.4 is 10.6 Å². The van der Waals surface area contributed by atoms with Gasteiger partial charge in [0.2, 0.25) is 0 Å². The van der Waals surface area contributed by atoms with E-state index in [1.54, 1.807) is 0 Å². The van der Waals surface area contributed by atoms with Crippen LogP contribution >= 0.6 is 0 Å². The van der Waals surface area contributed by atoms with Gasteiger partial charge in [0.15, 0.2) is 5.58 Å². The number of para-hydroxylation sites is 2. The van der Waals surface area contributed by atoms with E-state index in [1.165, 1.54) is 18.4 Å². The molecule has 0 atom stereocenters. The standard InChI is InChI=1S/C18H19N3O/c1-2-4-17-16(3-1)21-18(22-17)20-15-7-5-13(6-8-15)14-9-11-19-12-10-14/h1-8,14,19H,9-12H2,(H,20,21). The minimum Gasteiger partial charge on any atom is -0.423 e. The van der Waals surface area contributed by atoms with Gasteiger partial charge >= 0.3 is 0 Å². The minimum absolute atomic E-state index is 0.538. The van der Waals surface area contributed by atoms with Crippen molar-refractivity contribution in [2.45, 2.75) is 18.8 Å². The van der Waals surface area contributed by atoms with E-state index in [-0.39, 0.29) is 0 Å². The number of fused-ring (bicyclic) bond motifs is 1. The molecule has 4 rings (SSSR count). The normalized spacial score (nSPS) is 16.0. The molecule has 0 radical (unpaired) electrons. The number of nitrogens with zero attached hydrogens (tertiary/aromatic N) is 1. The fourth-order valence-electron chi connectivity index (χ4n) is 3.04. The number of benzene rings is 2. The summed E-state index contributed by atoms with van der Waals surface area (Å²) < 4.78 is 5.69. The van der Waals surface area contributed by atoms with Gasteiger partial charge in [0.05, 0.1) is 0 Å². The second-order valence-electron chi connectivity index (χ2n) is 5.76. The number of nitrogens with one attached hydrogen (secondary N) is 2. The molecule has 0 saturated carbocycles. The topological polar surface area (TPSA) is 50.1 Å². The van der Waals surface area contributed by atoms with Gasteiger partial charge in [-0.3, -0.25) is 0 Å². The second kappa shape index (κ2) is 5.81. The zero-order valence-electron chi connectivity index (χ0n) is 12.4. The van der Waals surface area contributed by atoms with E-state index in [0.29, 0.717) is 11.9 Å². The molecule has 1 aliphatic rings. The van der Waals surface area contributed by atoms with Gasteiger partial charge in [0.25, 0.3) is 6.01 Å². The average Bonchev–Trinajstić information content (AvgIpc) is 2.98.